The first-order valence-corrected chi connectivity index (χ1v) is 7.21. The normalized spacial score (nSPS) is 14.8. The van der Waals surface area contributed by atoms with Gasteiger partial charge in [-0.1, -0.05) is 20.8 Å². The van der Waals surface area contributed by atoms with Crippen molar-refractivity contribution in [3.63, 3.8) is 0 Å². The van der Waals surface area contributed by atoms with Gasteiger partial charge in [-0.25, -0.2) is 9.67 Å². The molecule has 5 nitrogen and oxygen atoms in total. The Morgan fingerprint density at radius 3 is 2.68 bits per heavy atom. The fourth-order valence-corrected chi connectivity index (χ4v) is 2.04. The largest absolute Gasteiger partial charge is 0.380 e. The van der Waals surface area contributed by atoms with E-state index in [2.05, 4.69) is 43.1 Å². The van der Waals surface area contributed by atoms with Gasteiger partial charge in [-0.3, -0.25) is 0 Å². The van der Waals surface area contributed by atoms with E-state index in [1.807, 2.05) is 4.68 Å². The number of nitrogens with zero attached hydrogens (tertiary/aromatic N) is 3. The molecule has 0 fully saturated rings. The molecular formula is C14H28N4O. The van der Waals surface area contributed by atoms with Crippen molar-refractivity contribution < 1.29 is 4.74 Å². The Labute approximate surface area is 116 Å². The lowest BCUT2D eigenvalue weighted by Gasteiger charge is -2.24. The van der Waals surface area contributed by atoms with Gasteiger partial charge in [0.1, 0.15) is 12.2 Å². The van der Waals surface area contributed by atoms with E-state index in [9.17, 15) is 0 Å². The van der Waals surface area contributed by atoms with E-state index in [0.717, 1.165) is 31.8 Å². The fourth-order valence-electron chi connectivity index (χ4n) is 2.04. The van der Waals surface area contributed by atoms with Crippen LogP contribution in [-0.4, -0.2) is 40.6 Å². The summed E-state index contributed by atoms with van der Waals surface area (Å²) in [6.45, 7) is 10.6. The summed E-state index contributed by atoms with van der Waals surface area (Å²) in [6.07, 6.45) is 3.77. The second-order valence-corrected chi connectivity index (χ2v) is 5.46. The average molecular weight is 268 g/mol. The molecule has 1 rings (SSSR count). The summed E-state index contributed by atoms with van der Waals surface area (Å²) in [4.78, 5) is 4.39. The smallest absolute Gasteiger partial charge is 0.138 e. The van der Waals surface area contributed by atoms with Gasteiger partial charge in [0.15, 0.2) is 0 Å². The Morgan fingerprint density at radius 2 is 2.11 bits per heavy atom. The molecule has 19 heavy (non-hydrogen) atoms. The monoisotopic (exact) mass is 268 g/mol. The summed E-state index contributed by atoms with van der Waals surface area (Å²) in [6, 6.07) is 0.278. The van der Waals surface area contributed by atoms with Crippen molar-refractivity contribution >= 4 is 0 Å². The van der Waals surface area contributed by atoms with Crippen molar-refractivity contribution in [3.8, 4) is 0 Å². The van der Waals surface area contributed by atoms with Crippen molar-refractivity contribution in [2.45, 2.75) is 59.2 Å². The Morgan fingerprint density at radius 1 is 1.37 bits per heavy atom. The van der Waals surface area contributed by atoms with Crippen LogP contribution < -0.4 is 5.32 Å². The Hall–Kier alpha value is -0.940. The van der Waals surface area contributed by atoms with Gasteiger partial charge in [0.2, 0.25) is 0 Å². The number of ether oxygens (including phenoxy) is 1. The topological polar surface area (TPSA) is 52.0 Å². The minimum absolute atomic E-state index is 0.163. The lowest BCUT2D eigenvalue weighted by atomic mass is 10.1. The number of rotatable bonds is 9. The molecule has 5 heteroatoms. The second kappa shape index (κ2) is 8.27. The van der Waals surface area contributed by atoms with Gasteiger partial charge in [-0.2, -0.15) is 5.10 Å². The summed E-state index contributed by atoms with van der Waals surface area (Å²) in [5.41, 5.74) is 0. The first kappa shape index (κ1) is 16.1. The molecule has 0 spiro atoms. The third kappa shape index (κ3) is 5.28. The molecule has 0 saturated heterocycles. The number of hydrogen-bond acceptors (Lipinski definition) is 4. The second-order valence-electron chi connectivity index (χ2n) is 5.46. The van der Waals surface area contributed by atoms with Gasteiger partial charge < -0.3 is 10.1 Å². The number of methoxy groups -OCH3 is 1. The first-order chi connectivity index (χ1) is 9.08. The summed E-state index contributed by atoms with van der Waals surface area (Å²) >= 11 is 0. The van der Waals surface area contributed by atoms with Crippen LogP contribution in [0.25, 0.3) is 0 Å². The van der Waals surface area contributed by atoms with Crippen LogP contribution in [0, 0.1) is 5.92 Å². The maximum Gasteiger partial charge on any atom is 0.138 e. The zero-order valence-electron chi connectivity index (χ0n) is 12.9. The van der Waals surface area contributed by atoms with Crippen molar-refractivity contribution in [2.24, 2.45) is 5.92 Å². The van der Waals surface area contributed by atoms with E-state index in [4.69, 9.17) is 4.74 Å². The Balaban J connectivity index is 2.69. The number of nitrogens with one attached hydrogen (secondary N) is 1. The van der Waals surface area contributed by atoms with Gasteiger partial charge in [-0.05, 0) is 25.8 Å². The SMILES string of the molecule is CCCNC(Cc1ncnn1CC(C)C)C(C)OC. The number of aromatic nitrogens is 3. The predicted molar refractivity (Wildman–Crippen MR) is 77.1 cm³/mol. The first-order valence-electron chi connectivity index (χ1n) is 7.21. The molecule has 0 aliphatic rings. The highest BCUT2D eigenvalue weighted by Crippen LogP contribution is 2.08. The molecular weight excluding hydrogens is 240 g/mol. The lowest BCUT2D eigenvalue weighted by Crippen LogP contribution is -2.42. The summed E-state index contributed by atoms with van der Waals surface area (Å²) in [7, 11) is 1.75. The third-order valence-electron chi connectivity index (χ3n) is 3.23. The molecule has 0 radical (unpaired) electrons. The van der Waals surface area contributed by atoms with E-state index < -0.39 is 0 Å². The summed E-state index contributed by atoms with van der Waals surface area (Å²) < 4.78 is 7.47. The van der Waals surface area contributed by atoms with Gasteiger partial charge in [-0.15, -0.1) is 0 Å². The molecule has 1 aromatic heterocycles. The van der Waals surface area contributed by atoms with Crippen LogP contribution in [0.2, 0.25) is 0 Å². The zero-order chi connectivity index (χ0) is 14.3. The maximum atomic E-state index is 5.46. The molecule has 0 bridgehead atoms. The zero-order valence-corrected chi connectivity index (χ0v) is 12.9. The standard InChI is InChI=1S/C14H28N4O/c1-6-7-15-13(12(4)19-5)8-14-16-10-17-18(14)9-11(2)3/h10-13,15H,6-9H2,1-5H3. The molecule has 2 atom stereocenters. The highest BCUT2D eigenvalue weighted by atomic mass is 16.5. The van der Waals surface area contributed by atoms with E-state index in [-0.39, 0.29) is 12.1 Å². The minimum atomic E-state index is 0.163. The highest BCUT2D eigenvalue weighted by Gasteiger charge is 2.19. The van der Waals surface area contributed by atoms with Crippen LogP contribution in [-0.2, 0) is 17.7 Å². The van der Waals surface area contributed by atoms with E-state index >= 15 is 0 Å². The fraction of sp³-hybridized carbons (Fsp3) is 0.857. The van der Waals surface area contributed by atoms with Crippen LogP contribution in [0.1, 0.15) is 39.9 Å². The molecule has 0 aliphatic carbocycles. The number of hydrogen-bond donors (Lipinski definition) is 1. The highest BCUT2D eigenvalue weighted by molar-refractivity contribution is 4.92. The van der Waals surface area contributed by atoms with Crippen molar-refractivity contribution in [3.05, 3.63) is 12.2 Å². The molecule has 110 valence electrons. The molecule has 1 aromatic rings. The Kier molecular flexibility index (Phi) is 7.02. The van der Waals surface area contributed by atoms with Crippen LogP contribution in [0.5, 0.6) is 0 Å². The van der Waals surface area contributed by atoms with Gasteiger partial charge in [0.05, 0.1) is 6.10 Å². The average Bonchev–Trinajstić information content (AvgIpc) is 2.79. The molecule has 0 amide bonds. The van der Waals surface area contributed by atoms with Crippen molar-refractivity contribution in [1.82, 2.24) is 20.1 Å². The van der Waals surface area contributed by atoms with Gasteiger partial charge in [0.25, 0.3) is 0 Å². The Bertz CT molecular complexity index is 351. The van der Waals surface area contributed by atoms with Crippen LogP contribution in [0.3, 0.4) is 0 Å². The minimum Gasteiger partial charge on any atom is -0.380 e. The quantitative estimate of drug-likeness (QED) is 0.743. The van der Waals surface area contributed by atoms with E-state index in [1.54, 1.807) is 13.4 Å². The molecule has 0 saturated carbocycles. The van der Waals surface area contributed by atoms with Crippen LogP contribution >= 0.6 is 0 Å². The van der Waals surface area contributed by atoms with Crippen molar-refractivity contribution in [1.29, 1.82) is 0 Å². The molecule has 1 N–H and O–H groups in total. The lowest BCUT2D eigenvalue weighted by molar-refractivity contribution is 0.0819. The van der Waals surface area contributed by atoms with E-state index in [1.165, 1.54) is 0 Å². The maximum absolute atomic E-state index is 5.46. The molecule has 0 aromatic carbocycles. The van der Waals surface area contributed by atoms with Gasteiger partial charge in [0, 0.05) is 26.1 Å². The van der Waals surface area contributed by atoms with E-state index in [0.29, 0.717) is 5.92 Å². The van der Waals surface area contributed by atoms with Crippen LogP contribution in [0.4, 0.5) is 0 Å². The third-order valence-corrected chi connectivity index (χ3v) is 3.23. The van der Waals surface area contributed by atoms with Gasteiger partial charge >= 0.3 is 0 Å². The van der Waals surface area contributed by atoms with Crippen LogP contribution in [0.15, 0.2) is 6.33 Å². The summed E-state index contributed by atoms with van der Waals surface area (Å²) in [5.74, 6) is 1.61. The molecule has 2 unspecified atom stereocenters. The predicted octanol–water partition coefficient (Wildman–Crippen LogP) is 1.88. The van der Waals surface area contributed by atoms with Crippen molar-refractivity contribution in [2.75, 3.05) is 13.7 Å². The molecule has 0 aliphatic heterocycles. The molecule has 1 heterocycles. The summed E-state index contributed by atoms with van der Waals surface area (Å²) in [5, 5.41) is 7.84.